The first kappa shape index (κ1) is 18.5. The number of carbonyl (C=O) groups excluding carboxylic acids is 2. The first-order chi connectivity index (χ1) is 13.4. The van der Waals surface area contributed by atoms with E-state index in [0.29, 0.717) is 26.3 Å². The van der Waals surface area contributed by atoms with Crippen LogP contribution in [-0.4, -0.2) is 53.1 Å². The van der Waals surface area contributed by atoms with Gasteiger partial charge in [0.2, 0.25) is 5.91 Å². The number of benzene rings is 1. The molecule has 0 bridgehead atoms. The van der Waals surface area contributed by atoms with Crippen LogP contribution >= 0.6 is 12.2 Å². The number of pyridine rings is 1. The van der Waals surface area contributed by atoms with Crippen molar-refractivity contribution in [1.82, 2.24) is 15.2 Å². The number of aromatic nitrogens is 1. The quantitative estimate of drug-likeness (QED) is 0.618. The molecule has 2 amide bonds. The molecule has 4 rings (SSSR count). The number of aryl methyl sites for hydroxylation is 1. The van der Waals surface area contributed by atoms with Crippen molar-refractivity contribution in [1.29, 1.82) is 0 Å². The molecule has 2 saturated heterocycles. The molecule has 2 aromatic rings. The van der Waals surface area contributed by atoms with Crippen LogP contribution in [0.3, 0.4) is 0 Å². The van der Waals surface area contributed by atoms with E-state index in [4.69, 9.17) is 21.9 Å². The van der Waals surface area contributed by atoms with Crippen molar-refractivity contribution >= 4 is 51.9 Å². The first-order valence-corrected chi connectivity index (χ1v) is 9.46. The molecule has 2 aliphatic heterocycles. The van der Waals surface area contributed by atoms with Crippen molar-refractivity contribution in [2.24, 2.45) is 0 Å². The highest BCUT2D eigenvalue weighted by Gasteiger charge is 2.33. The minimum Gasteiger partial charge on any atom is -0.378 e. The predicted molar refractivity (Wildman–Crippen MR) is 111 cm³/mol. The number of nitrogens with one attached hydrogen (secondary N) is 1. The van der Waals surface area contributed by atoms with Gasteiger partial charge in [-0.3, -0.25) is 19.8 Å². The number of anilines is 1. The summed E-state index contributed by atoms with van der Waals surface area (Å²) >= 11 is 5.13. The number of rotatable bonds is 2. The number of nitrogens with zero attached hydrogens (tertiary/aromatic N) is 3. The van der Waals surface area contributed by atoms with Gasteiger partial charge < -0.3 is 9.64 Å². The van der Waals surface area contributed by atoms with Gasteiger partial charge in [0.25, 0.3) is 5.91 Å². The lowest BCUT2D eigenvalue weighted by atomic mass is 10.1. The molecule has 2 aliphatic rings. The van der Waals surface area contributed by atoms with E-state index >= 15 is 0 Å². The van der Waals surface area contributed by atoms with Crippen LogP contribution in [0.4, 0.5) is 5.82 Å². The molecule has 7 nitrogen and oxygen atoms in total. The SMILES string of the molecule is CC(=O)N1C(=S)NC(=O)C1=Cc1cc2cc(C)ccc2nc1N1CCOCC1. The molecule has 0 atom stereocenters. The van der Waals surface area contributed by atoms with Gasteiger partial charge in [-0.25, -0.2) is 4.98 Å². The molecule has 144 valence electrons. The summed E-state index contributed by atoms with van der Waals surface area (Å²) in [5.41, 5.74) is 2.98. The Balaban J connectivity index is 1.89. The Bertz CT molecular complexity index is 1030. The average molecular weight is 396 g/mol. The van der Waals surface area contributed by atoms with Gasteiger partial charge in [-0.15, -0.1) is 0 Å². The van der Waals surface area contributed by atoms with E-state index in [2.05, 4.69) is 16.3 Å². The zero-order chi connectivity index (χ0) is 19.8. The van der Waals surface area contributed by atoms with Gasteiger partial charge in [0.1, 0.15) is 11.5 Å². The molecule has 2 fully saturated rings. The first-order valence-electron chi connectivity index (χ1n) is 9.06. The average Bonchev–Trinajstić information content (AvgIpc) is 2.95. The second kappa shape index (κ2) is 7.29. The Labute approximate surface area is 168 Å². The fraction of sp³-hybridized carbons (Fsp3) is 0.300. The Morgan fingerprint density at radius 1 is 1.29 bits per heavy atom. The number of morpholine rings is 1. The van der Waals surface area contributed by atoms with Crippen molar-refractivity contribution < 1.29 is 14.3 Å². The third-order valence-electron chi connectivity index (χ3n) is 4.79. The third kappa shape index (κ3) is 3.36. The van der Waals surface area contributed by atoms with Crippen molar-refractivity contribution in [3.05, 3.63) is 41.1 Å². The van der Waals surface area contributed by atoms with E-state index in [0.717, 1.165) is 27.8 Å². The van der Waals surface area contributed by atoms with E-state index in [1.807, 2.05) is 25.1 Å². The summed E-state index contributed by atoms with van der Waals surface area (Å²) in [6.07, 6.45) is 1.69. The molecule has 0 aliphatic carbocycles. The maximum Gasteiger partial charge on any atom is 0.274 e. The minimum absolute atomic E-state index is 0.0984. The van der Waals surface area contributed by atoms with Gasteiger partial charge in [0.05, 0.1) is 18.7 Å². The summed E-state index contributed by atoms with van der Waals surface area (Å²) in [6.45, 7) is 6.06. The fourth-order valence-electron chi connectivity index (χ4n) is 3.45. The summed E-state index contributed by atoms with van der Waals surface area (Å²) in [7, 11) is 0. The molecule has 0 unspecified atom stereocenters. The van der Waals surface area contributed by atoms with Crippen molar-refractivity contribution in [2.45, 2.75) is 13.8 Å². The molecule has 8 heteroatoms. The maximum absolute atomic E-state index is 12.4. The van der Waals surface area contributed by atoms with E-state index < -0.39 is 5.91 Å². The zero-order valence-electron chi connectivity index (χ0n) is 15.7. The van der Waals surface area contributed by atoms with Gasteiger partial charge in [-0.05, 0) is 43.4 Å². The van der Waals surface area contributed by atoms with Crippen LogP contribution in [0.15, 0.2) is 30.0 Å². The van der Waals surface area contributed by atoms with Crippen LogP contribution in [0.5, 0.6) is 0 Å². The molecule has 0 saturated carbocycles. The van der Waals surface area contributed by atoms with Crippen molar-refractivity contribution in [3.8, 4) is 0 Å². The lowest BCUT2D eigenvalue weighted by molar-refractivity contribution is -0.125. The van der Waals surface area contributed by atoms with Gasteiger partial charge >= 0.3 is 0 Å². The summed E-state index contributed by atoms with van der Waals surface area (Å²) in [5, 5.41) is 3.61. The Kier molecular flexibility index (Phi) is 4.82. The van der Waals surface area contributed by atoms with E-state index in [-0.39, 0.29) is 16.7 Å². The minimum atomic E-state index is -0.391. The molecule has 0 radical (unpaired) electrons. The van der Waals surface area contributed by atoms with Gasteiger partial charge in [0, 0.05) is 31.0 Å². The van der Waals surface area contributed by atoms with Crippen LogP contribution in [0, 0.1) is 6.92 Å². The second-order valence-corrected chi connectivity index (χ2v) is 7.23. The number of amides is 2. The largest absolute Gasteiger partial charge is 0.378 e. The molecule has 1 aromatic heterocycles. The van der Waals surface area contributed by atoms with Crippen molar-refractivity contribution in [2.75, 3.05) is 31.2 Å². The van der Waals surface area contributed by atoms with Gasteiger partial charge in [-0.2, -0.15) is 0 Å². The van der Waals surface area contributed by atoms with E-state index in [1.165, 1.54) is 11.8 Å². The molecular weight excluding hydrogens is 376 g/mol. The maximum atomic E-state index is 12.4. The Hall–Kier alpha value is -2.84. The summed E-state index contributed by atoms with van der Waals surface area (Å²) < 4.78 is 5.46. The third-order valence-corrected chi connectivity index (χ3v) is 5.08. The van der Waals surface area contributed by atoms with Crippen LogP contribution in [0.25, 0.3) is 17.0 Å². The zero-order valence-corrected chi connectivity index (χ0v) is 16.5. The predicted octanol–water partition coefficient (Wildman–Crippen LogP) is 1.98. The lowest BCUT2D eigenvalue weighted by Gasteiger charge is -2.29. The Morgan fingerprint density at radius 3 is 2.75 bits per heavy atom. The van der Waals surface area contributed by atoms with Gasteiger partial charge in [0.15, 0.2) is 5.11 Å². The summed E-state index contributed by atoms with van der Waals surface area (Å²) in [4.78, 5) is 32.6. The highest BCUT2D eigenvalue weighted by atomic mass is 32.1. The number of hydrogen-bond acceptors (Lipinski definition) is 6. The molecule has 3 heterocycles. The summed E-state index contributed by atoms with van der Waals surface area (Å²) in [6, 6.07) is 8.07. The monoisotopic (exact) mass is 396 g/mol. The topological polar surface area (TPSA) is 74.8 Å². The fourth-order valence-corrected chi connectivity index (χ4v) is 3.77. The van der Waals surface area contributed by atoms with Crippen LogP contribution in [0.2, 0.25) is 0 Å². The number of fused-ring (bicyclic) bond motifs is 1. The number of ether oxygens (including phenoxy) is 1. The molecule has 1 aromatic carbocycles. The highest BCUT2D eigenvalue weighted by molar-refractivity contribution is 7.80. The van der Waals surface area contributed by atoms with Crippen LogP contribution < -0.4 is 10.2 Å². The molecular formula is C20H20N4O3S. The Morgan fingerprint density at radius 2 is 2.04 bits per heavy atom. The lowest BCUT2D eigenvalue weighted by Crippen LogP contribution is -2.37. The number of hydrogen-bond donors (Lipinski definition) is 1. The van der Waals surface area contributed by atoms with Gasteiger partial charge in [-0.1, -0.05) is 11.6 Å². The second-order valence-electron chi connectivity index (χ2n) is 6.84. The van der Waals surface area contributed by atoms with E-state index in [9.17, 15) is 9.59 Å². The number of carbonyl (C=O) groups is 2. The van der Waals surface area contributed by atoms with Crippen LogP contribution in [0.1, 0.15) is 18.1 Å². The van der Waals surface area contributed by atoms with Crippen LogP contribution in [-0.2, 0) is 14.3 Å². The number of thiocarbonyl (C=S) groups is 1. The normalized spacial score (nSPS) is 18.9. The molecule has 28 heavy (non-hydrogen) atoms. The van der Waals surface area contributed by atoms with E-state index in [1.54, 1.807) is 6.08 Å². The molecule has 1 N–H and O–H groups in total. The highest BCUT2D eigenvalue weighted by Crippen LogP contribution is 2.28. The van der Waals surface area contributed by atoms with Crippen molar-refractivity contribution in [3.63, 3.8) is 0 Å². The molecule has 0 spiro atoms. The summed E-state index contributed by atoms with van der Waals surface area (Å²) in [5.74, 6) is 0.0610. The smallest absolute Gasteiger partial charge is 0.274 e. The standard InChI is InChI=1S/C20H20N4O3S/c1-12-3-4-16-14(9-12)10-15(18(21-16)23-5-7-27-8-6-23)11-17-19(26)22-20(28)24(17)13(2)25/h3-4,9-11H,5-8H2,1-2H3,(H,22,26,28).